The average Bonchev–Trinajstić information content (AvgIpc) is 2.65. The van der Waals surface area contributed by atoms with E-state index < -0.39 is 11.9 Å². The van der Waals surface area contributed by atoms with Gasteiger partial charge < -0.3 is 14.8 Å². The number of para-hydroxylation sites is 1. The maximum absolute atomic E-state index is 12.6. The Bertz CT molecular complexity index is 863. The highest BCUT2D eigenvalue weighted by Crippen LogP contribution is 2.29. The zero-order chi connectivity index (χ0) is 20.0. The van der Waals surface area contributed by atoms with Gasteiger partial charge in [0, 0.05) is 6.92 Å². The van der Waals surface area contributed by atoms with Crippen LogP contribution in [0, 0.1) is 6.92 Å². The molecule has 142 valence electrons. The van der Waals surface area contributed by atoms with Gasteiger partial charge in [0.2, 0.25) is 11.8 Å². The Morgan fingerprint density at radius 1 is 1.07 bits per heavy atom. The smallest absolute Gasteiger partial charge is 0.339 e. The van der Waals surface area contributed by atoms with E-state index in [0.29, 0.717) is 17.1 Å². The number of nitrogens with zero attached hydrogens (tertiary/aromatic N) is 1. The second-order valence-corrected chi connectivity index (χ2v) is 5.87. The molecule has 0 aliphatic carbocycles. The lowest BCUT2D eigenvalue weighted by molar-refractivity contribution is -0.120. The number of aryl methyl sites for hydroxylation is 1. The molecule has 2 aromatic carbocycles. The van der Waals surface area contributed by atoms with Crippen LogP contribution in [-0.2, 0) is 14.3 Å². The Morgan fingerprint density at radius 3 is 2.41 bits per heavy atom. The lowest BCUT2D eigenvalue weighted by Crippen LogP contribution is -2.37. The van der Waals surface area contributed by atoms with E-state index in [1.54, 1.807) is 36.4 Å². The van der Waals surface area contributed by atoms with Crippen molar-refractivity contribution >= 4 is 29.2 Å². The third-order valence-corrected chi connectivity index (χ3v) is 3.91. The van der Waals surface area contributed by atoms with Gasteiger partial charge in [0.25, 0.3) is 0 Å². The summed E-state index contributed by atoms with van der Waals surface area (Å²) in [7, 11) is 2.77. The first-order chi connectivity index (χ1) is 12.9. The van der Waals surface area contributed by atoms with Crippen molar-refractivity contribution in [1.82, 2.24) is 0 Å². The number of amides is 2. The Kier molecular flexibility index (Phi) is 6.54. The number of nitrogens with one attached hydrogen (secondary N) is 1. The van der Waals surface area contributed by atoms with E-state index in [2.05, 4.69) is 5.32 Å². The highest BCUT2D eigenvalue weighted by Gasteiger charge is 2.21. The van der Waals surface area contributed by atoms with Gasteiger partial charge in [-0.3, -0.25) is 14.5 Å². The second-order valence-electron chi connectivity index (χ2n) is 5.87. The van der Waals surface area contributed by atoms with Crippen molar-refractivity contribution in [2.24, 2.45) is 0 Å². The Balaban J connectivity index is 2.26. The third kappa shape index (κ3) is 4.84. The number of ether oxygens (including phenoxy) is 2. The molecule has 7 nitrogen and oxygen atoms in total. The van der Waals surface area contributed by atoms with Crippen molar-refractivity contribution in [2.45, 2.75) is 13.8 Å². The van der Waals surface area contributed by atoms with Crippen molar-refractivity contribution in [3.05, 3.63) is 53.6 Å². The number of rotatable bonds is 6. The van der Waals surface area contributed by atoms with Crippen molar-refractivity contribution < 1.29 is 23.9 Å². The molecule has 2 rings (SSSR count). The van der Waals surface area contributed by atoms with Gasteiger partial charge in [-0.1, -0.05) is 18.2 Å². The molecule has 0 fully saturated rings. The van der Waals surface area contributed by atoms with Crippen molar-refractivity contribution in [1.29, 1.82) is 0 Å². The highest BCUT2D eigenvalue weighted by atomic mass is 16.5. The summed E-state index contributed by atoms with van der Waals surface area (Å²) in [5, 5.41) is 2.66. The van der Waals surface area contributed by atoms with Crippen molar-refractivity contribution in [2.75, 3.05) is 31.0 Å². The summed E-state index contributed by atoms with van der Waals surface area (Å²) in [4.78, 5) is 37.9. The largest absolute Gasteiger partial charge is 0.495 e. The molecule has 7 heteroatoms. The Hall–Kier alpha value is -3.35. The first-order valence-electron chi connectivity index (χ1n) is 8.27. The van der Waals surface area contributed by atoms with Crippen LogP contribution in [0.2, 0.25) is 0 Å². The van der Waals surface area contributed by atoms with Crippen LogP contribution in [0.5, 0.6) is 5.75 Å². The lowest BCUT2D eigenvalue weighted by atomic mass is 10.1. The Morgan fingerprint density at radius 2 is 1.78 bits per heavy atom. The normalized spacial score (nSPS) is 10.1. The van der Waals surface area contributed by atoms with Gasteiger partial charge in [0.15, 0.2) is 0 Å². The summed E-state index contributed by atoms with van der Waals surface area (Å²) in [6, 6.07) is 11.9. The van der Waals surface area contributed by atoms with Crippen molar-refractivity contribution in [3.8, 4) is 5.75 Å². The fraction of sp³-hybridized carbons (Fsp3) is 0.250. The summed E-state index contributed by atoms with van der Waals surface area (Å²) in [5.74, 6) is -0.839. The topological polar surface area (TPSA) is 84.9 Å². The SMILES string of the molecule is COC(=O)c1ccccc1NC(=O)CN(C(C)=O)c1cc(C)ccc1OC. The number of methoxy groups -OCH3 is 2. The fourth-order valence-corrected chi connectivity index (χ4v) is 2.59. The fourth-order valence-electron chi connectivity index (χ4n) is 2.59. The van der Waals surface area contributed by atoms with E-state index in [1.165, 1.54) is 26.0 Å². The van der Waals surface area contributed by atoms with Crippen LogP contribution in [0.4, 0.5) is 11.4 Å². The highest BCUT2D eigenvalue weighted by molar-refractivity contribution is 6.05. The zero-order valence-electron chi connectivity index (χ0n) is 15.7. The van der Waals surface area contributed by atoms with Crippen LogP contribution >= 0.6 is 0 Å². The number of esters is 1. The van der Waals surface area contributed by atoms with Crippen LogP contribution in [0.25, 0.3) is 0 Å². The predicted octanol–water partition coefficient (Wildman–Crippen LogP) is 2.78. The first-order valence-corrected chi connectivity index (χ1v) is 8.27. The standard InChI is InChI=1S/C20H22N2O5/c1-13-9-10-18(26-3)17(11-13)22(14(2)23)12-19(24)21-16-8-6-5-7-15(16)20(25)27-4/h5-11H,12H2,1-4H3,(H,21,24). The monoisotopic (exact) mass is 370 g/mol. The molecule has 0 atom stereocenters. The third-order valence-electron chi connectivity index (χ3n) is 3.91. The molecule has 0 spiro atoms. The number of benzene rings is 2. The number of carbonyl (C=O) groups excluding carboxylic acids is 3. The van der Waals surface area contributed by atoms with Crippen LogP contribution in [0.1, 0.15) is 22.8 Å². The van der Waals surface area contributed by atoms with Gasteiger partial charge >= 0.3 is 5.97 Å². The van der Waals surface area contributed by atoms with Gasteiger partial charge in [-0.25, -0.2) is 4.79 Å². The molecule has 0 heterocycles. The van der Waals surface area contributed by atoms with Crippen molar-refractivity contribution in [3.63, 3.8) is 0 Å². The molecule has 0 saturated heterocycles. The summed E-state index contributed by atoms with van der Waals surface area (Å²) in [6.07, 6.45) is 0. The van der Waals surface area contributed by atoms with Crippen LogP contribution in [0.3, 0.4) is 0 Å². The molecule has 2 aromatic rings. The number of hydrogen-bond donors (Lipinski definition) is 1. The maximum Gasteiger partial charge on any atom is 0.339 e. The first kappa shape index (κ1) is 20.0. The van der Waals surface area contributed by atoms with Gasteiger partial charge in [-0.05, 0) is 36.8 Å². The Labute approximate surface area is 157 Å². The minimum absolute atomic E-state index is 0.231. The maximum atomic E-state index is 12.6. The summed E-state index contributed by atoms with van der Waals surface area (Å²) < 4.78 is 10.0. The van der Waals surface area contributed by atoms with E-state index in [4.69, 9.17) is 9.47 Å². The molecule has 0 aliphatic heterocycles. The van der Waals surface area contributed by atoms with E-state index in [-0.39, 0.29) is 18.0 Å². The van der Waals surface area contributed by atoms with Crippen LogP contribution in [0.15, 0.2) is 42.5 Å². The average molecular weight is 370 g/mol. The second kappa shape index (κ2) is 8.84. The van der Waals surface area contributed by atoms with Crippen LogP contribution < -0.4 is 15.0 Å². The van der Waals surface area contributed by atoms with E-state index in [0.717, 1.165) is 5.56 Å². The number of carbonyl (C=O) groups is 3. The molecule has 0 saturated carbocycles. The summed E-state index contributed by atoms with van der Waals surface area (Å²) in [5.41, 5.74) is 1.97. The molecule has 27 heavy (non-hydrogen) atoms. The van der Waals surface area contributed by atoms with Gasteiger partial charge in [0.1, 0.15) is 12.3 Å². The molecule has 0 radical (unpaired) electrons. The molecule has 2 amide bonds. The summed E-state index contributed by atoms with van der Waals surface area (Å²) in [6.45, 7) is 3.02. The molecule has 0 unspecified atom stereocenters. The van der Waals surface area contributed by atoms with Gasteiger partial charge in [-0.15, -0.1) is 0 Å². The molecular weight excluding hydrogens is 348 g/mol. The molecule has 1 N–H and O–H groups in total. The minimum Gasteiger partial charge on any atom is -0.495 e. The van der Waals surface area contributed by atoms with Gasteiger partial charge in [0.05, 0.1) is 31.2 Å². The molecule has 0 aromatic heterocycles. The predicted molar refractivity (Wildman–Crippen MR) is 102 cm³/mol. The lowest BCUT2D eigenvalue weighted by Gasteiger charge is -2.23. The van der Waals surface area contributed by atoms with E-state index in [9.17, 15) is 14.4 Å². The number of anilines is 2. The van der Waals surface area contributed by atoms with Gasteiger partial charge in [-0.2, -0.15) is 0 Å². The molecule has 0 bridgehead atoms. The number of hydrogen-bond acceptors (Lipinski definition) is 5. The zero-order valence-corrected chi connectivity index (χ0v) is 15.7. The molecular formula is C20H22N2O5. The molecule has 0 aliphatic rings. The quantitative estimate of drug-likeness (QED) is 0.791. The van der Waals surface area contributed by atoms with E-state index in [1.807, 2.05) is 13.0 Å². The van der Waals surface area contributed by atoms with Crippen LogP contribution in [-0.4, -0.2) is 38.5 Å². The minimum atomic E-state index is -0.560. The van der Waals surface area contributed by atoms with E-state index >= 15 is 0 Å². The summed E-state index contributed by atoms with van der Waals surface area (Å²) >= 11 is 0.